The molecular formula is C22H36IN5O2. The van der Waals surface area contributed by atoms with Gasteiger partial charge < -0.3 is 24.7 Å². The zero-order valence-electron chi connectivity index (χ0n) is 18.2. The second kappa shape index (κ2) is 13.8. The maximum absolute atomic E-state index is 5.76. The van der Waals surface area contributed by atoms with Gasteiger partial charge in [-0.2, -0.15) is 0 Å². The number of nitrogens with one attached hydrogen (secondary N) is 2. The molecule has 0 amide bonds. The standard InChI is InChI=1S/C22H35N5O2.HI/c1-3-23-22(25-12-7-14-28-16-19-10-15-29-17-19)24-11-6-13-27-18(2)26-20-8-4-5-9-21(20)27;/h4-5,8-9,19H,3,6-7,10-17H2,1-2H3,(H2,23,24,25);1H. The molecule has 30 heavy (non-hydrogen) atoms. The molecule has 2 heterocycles. The molecule has 1 aromatic heterocycles. The van der Waals surface area contributed by atoms with Crippen LogP contribution in [0.4, 0.5) is 0 Å². The van der Waals surface area contributed by atoms with Gasteiger partial charge in [-0.3, -0.25) is 4.99 Å². The van der Waals surface area contributed by atoms with Crippen LogP contribution in [0.5, 0.6) is 0 Å². The molecule has 1 saturated heterocycles. The Bertz CT molecular complexity index is 774. The van der Waals surface area contributed by atoms with E-state index in [-0.39, 0.29) is 24.0 Å². The average molecular weight is 529 g/mol. The summed E-state index contributed by atoms with van der Waals surface area (Å²) in [4.78, 5) is 9.34. The van der Waals surface area contributed by atoms with E-state index in [2.05, 4.69) is 52.2 Å². The molecule has 0 radical (unpaired) electrons. The number of fused-ring (bicyclic) bond motifs is 1. The van der Waals surface area contributed by atoms with Gasteiger partial charge in [0.1, 0.15) is 5.82 Å². The third kappa shape index (κ3) is 7.70. The zero-order valence-corrected chi connectivity index (χ0v) is 20.6. The molecule has 1 unspecified atom stereocenters. The molecule has 1 aliphatic rings. The Balaban J connectivity index is 0.00000320. The molecule has 168 valence electrons. The van der Waals surface area contributed by atoms with E-state index in [1.165, 1.54) is 5.52 Å². The van der Waals surface area contributed by atoms with Gasteiger partial charge in [-0.1, -0.05) is 12.1 Å². The van der Waals surface area contributed by atoms with Gasteiger partial charge in [-0.25, -0.2) is 4.98 Å². The number of benzene rings is 1. The molecule has 3 rings (SSSR count). The lowest BCUT2D eigenvalue weighted by Crippen LogP contribution is -2.38. The van der Waals surface area contributed by atoms with E-state index in [1.807, 2.05) is 6.07 Å². The summed E-state index contributed by atoms with van der Waals surface area (Å²) in [5.41, 5.74) is 2.26. The lowest BCUT2D eigenvalue weighted by atomic mass is 10.1. The predicted octanol–water partition coefficient (Wildman–Crippen LogP) is 3.35. The Morgan fingerprint density at radius 3 is 2.97 bits per heavy atom. The van der Waals surface area contributed by atoms with Gasteiger partial charge in [0, 0.05) is 45.3 Å². The SMILES string of the molecule is CCNC(=NCCCn1c(C)nc2ccccc21)NCCCOCC1CCOC1.I. The lowest BCUT2D eigenvalue weighted by molar-refractivity contribution is 0.0888. The van der Waals surface area contributed by atoms with Crippen LogP contribution in [0, 0.1) is 12.8 Å². The van der Waals surface area contributed by atoms with E-state index in [1.54, 1.807) is 0 Å². The smallest absolute Gasteiger partial charge is 0.191 e. The van der Waals surface area contributed by atoms with Crippen LogP contribution in [-0.4, -0.2) is 61.6 Å². The minimum absolute atomic E-state index is 0. The van der Waals surface area contributed by atoms with Gasteiger partial charge in [-0.05, 0) is 45.2 Å². The van der Waals surface area contributed by atoms with Crippen molar-refractivity contribution in [2.75, 3.05) is 46.1 Å². The second-order valence-electron chi connectivity index (χ2n) is 7.50. The summed E-state index contributed by atoms with van der Waals surface area (Å²) in [5, 5.41) is 6.71. The van der Waals surface area contributed by atoms with Crippen LogP contribution in [0.15, 0.2) is 29.3 Å². The van der Waals surface area contributed by atoms with Gasteiger partial charge >= 0.3 is 0 Å². The summed E-state index contributed by atoms with van der Waals surface area (Å²) in [5.74, 6) is 2.52. The molecule has 0 bridgehead atoms. The van der Waals surface area contributed by atoms with Crippen LogP contribution in [0.25, 0.3) is 11.0 Å². The normalized spacial score (nSPS) is 16.6. The quantitative estimate of drug-likeness (QED) is 0.202. The molecule has 2 aromatic rings. The highest BCUT2D eigenvalue weighted by Gasteiger charge is 2.15. The van der Waals surface area contributed by atoms with E-state index in [0.29, 0.717) is 5.92 Å². The van der Waals surface area contributed by atoms with Crippen molar-refractivity contribution in [3.05, 3.63) is 30.1 Å². The fraction of sp³-hybridized carbons (Fsp3) is 0.636. The van der Waals surface area contributed by atoms with Gasteiger partial charge in [0.2, 0.25) is 0 Å². The van der Waals surface area contributed by atoms with Crippen LogP contribution >= 0.6 is 24.0 Å². The van der Waals surface area contributed by atoms with Crippen LogP contribution in [0.2, 0.25) is 0 Å². The number of aryl methyl sites for hydroxylation is 2. The summed E-state index contributed by atoms with van der Waals surface area (Å²) in [6.07, 6.45) is 3.08. The number of guanidine groups is 1. The van der Waals surface area contributed by atoms with E-state index in [9.17, 15) is 0 Å². The highest BCUT2D eigenvalue weighted by atomic mass is 127. The van der Waals surface area contributed by atoms with E-state index < -0.39 is 0 Å². The van der Waals surface area contributed by atoms with Crippen LogP contribution in [0.3, 0.4) is 0 Å². The number of nitrogens with zero attached hydrogens (tertiary/aromatic N) is 3. The Morgan fingerprint density at radius 1 is 1.30 bits per heavy atom. The molecule has 0 aliphatic carbocycles. The van der Waals surface area contributed by atoms with E-state index in [4.69, 9.17) is 14.5 Å². The van der Waals surface area contributed by atoms with Crippen molar-refractivity contribution in [3.8, 4) is 0 Å². The minimum atomic E-state index is 0. The number of aliphatic imine (C=N–C) groups is 1. The summed E-state index contributed by atoms with van der Waals surface area (Å²) < 4.78 is 13.4. The molecule has 0 spiro atoms. The highest BCUT2D eigenvalue weighted by Crippen LogP contribution is 2.15. The Labute approximate surface area is 197 Å². The zero-order chi connectivity index (χ0) is 20.3. The third-order valence-corrected chi connectivity index (χ3v) is 5.13. The minimum Gasteiger partial charge on any atom is -0.381 e. The van der Waals surface area contributed by atoms with Gasteiger partial charge in [-0.15, -0.1) is 24.0 Å². The Hall–Kier alpha value is -1.39. The first-order valence-electron chi connectivity index (χ1n) is 10.9. The average Bonchev–Trinajstić information content (AvgIpc) is 3.35. The number of aromatic nitrogens is 2. The topological polar surface area (TPSA) is 72.7 Å². The first-order valence-corrected chi connectivity index (χ1v) is 10.9. The van der Waals surface area contributed by atoms with Crippen molar-refractivity contribution in [3.63, 3.8) is 0 Å². The summed E-state index contributed by atoms with van der Waals surface area (Å²) in [6.45, 7) is 10.9. The molecule has 1 aromatic carbocycles. The van der Waals surface area contributed by atoms with Gasteiger partial charge in [0.15, 0.2) is 5.96 Å². The number of hydrogen-bond donors (Lipinski definition) is 2. The number of hydrogen-bond acceptors (Lipinski definition) is 4. The fourth-order valence-corrected chi connectivity index (χ4v) is 3.59. The molecule has 7 nitrogen and oxygen atoms in total. The van der Waals surface area contributed by atoms with Crippen molar-refractivity contribution in [2.24, 2.45) is 10.9 Å². The number of imidazole rings is 1. The van der Waals surface area contributed by atoms with Crippen molar-refractivity contribution in [1.29, 1.82) is 0 Å². The van der Waals surface area contributed by atoms with Crippen LogP contribution in [-0.2, 0) is 16.0 Å². The van der Waals surface area contributed by atoms with E-state index in [0.717, 1.165) is 89.2 Å². The highest BCUT2D eigenvalue weighted by molar-refractivity contribution is 14.0. The van der Waals surface area contributed by atoms with Crippen molar-refractivity contribution < 1.29 is 9.47 Å². The summed E-state index contributed by atoms with van der Waals surface area (Å²) in [7, 11) is 0. The monoisotopic (exact) mass is 529 g/mol. The lowest BCUT2D eigenvalue weighted by Gasteiger charge is -2.12. The first-order chi connectivity index (χ1) is 14.3. The molecule has 1 aliphatic heterocycles. The van der Waals surface area contributed by atoms with Crippen molar-refractivity contribution >= 4 is 41.0 Å². The maximum atomic E-state index is 5.76. The second-order valence-corrected chi connectivity index (χ2v) is 7.50. The summed E-state index contributed by atoms with van der Waals surface area (Å²) in [6, 6.07) is 8.30. The van der Waals surface area contributed by atoms with Crippen LogP contribution in [0.1, 0.15) is 32.0 Å². The third-order valence-electron chi connectivity index (χ3n) is 5.13. The largest absolute Gasteiger partial charge is 0.381 e. The Morgan fingerprint density at radius 2 is 2.17 bits per heavy atom. The molecule has 1 fully saturated rings. The maximum Gasteiger partial charge on any atom is 0.191 e. The predicted molar refractivity (Wildman–Crippen MR) is 133 cm³/mol. The number of ether oxygens (including phenoxy) is 2. The van der Waals surface area contributed by atoms with E-state index >= 15 is 0 Å². The molecule has 0 saturated carbocycles. The Kier molecular flexibility index (Phi) is 11.5. The molecule has 8 heteroatoms. The molecular weight excluding hydrogens is 493 g/mol. The molecule has 2 N–H and O–H groups in total. The van der Waals surface area contributed by atoms with Gasteiger partial charge in [0.05, 0.1) is 24.2 Å². The first kappa shape index (κ1) is 24.9. The van der Waals surface area contributed by atoms with Crippen molar-refractivity contribution in [1.82, 2.24) is 20.2 Å². The van der Waals surface area contributed by atoms with Crippen molar-refractivity contribution in [2.45, 2.75) is 39.7 Å². The van der Waals surface area contributed by atoms with Crippen LogP contribution < -0.4 is 10.6 Å². The fourth-order valence-electron chi connectivity index (χ4n) is 3.59. The number of rotatable bonds is 11. The molecule has 1 atom stereocenters. The summed E-state index contributed by atoms with van der Waals surface area (Å²) >= 11 is 0. The van der Waals surface area contributed by atoms with Gasteiger partial charge in [0.25, 0.3) is 0 Å². The number of para-hydroxylation sites is 2. The number of halogens is 1.